The van der Waals surface area contributed by atoms with Crippen molar-refractivity contribution in [3.8, 4) is 5.75 Å². The van der Waals surface area contributed by atoms with Crippen LogP contribution >= 0.6 is 23.7 Å². The Morgan fingerprint density at radius 2 is 1.75 bits per heavy atom. The number of rotatable bonds is 10. The summed E-state index contributed by atoms with van der Waals surface area (Å²) in [6.07, 6.45) is -2.70. The summed E-state index contributed by atoms with van der Waals surface area (Å²) in [6, 6.07) is 11.7. The first-order valence-electron chi connectivity index (χ1n) is 8.87. The second kappa shape index (κ2) is 13.7. The van der Waals surface area contributed by atoms with Crippen molar-refractivity contribution in [3.63, 3.8) is 0 Å². The molecule has 12 heteroatoms. The molecule has 0 amide bonds. The van der Waals surface area contributed by atoms with E-state index in [4.69, 9.17) is 10.8 Å². The monoisotopic (exact) mass is 490 g/mol. The predicted molar refractivity (Wildman–Crippen MR) is 118 cm³/mol. The molecule has 0 heterocycles. The van der Waals surface area contributed by atoms with E-state index in [9.17, 15) is 27.6 Å². The Morgan fingerprint density at radius 1 is 1.16 bits per heavy atom. The maximum atomic E-state index is 12.1. The fraction of sp³-hybridized carbons (Fsp3) is 0.250. The third-order valence-electron chi connectivity index (χ3n) is 3.41. The van der Waals surface area contributed by atoms with Crippen LogP contribution in [0.25, 0.3) is 0 Å². The van der Waals surface area contributed by atoms with Crippen molar-refractivity contribution in [2.24, 2.45) is 5.73 Å². The Balaban J connectivity index is 0.000000547. The van der Waals surface area contributed by atoms with Crippen LogP contribution < -0.4 is 15.2 Å². The highest BCUT2D eigenvalue weighted by Crippen LogP contribution is 2.27. The van der Waals surface area contributed by atoms with E-state index >= 15 is 0 Å². The number of carboxylic acids is 1. The summed E-state index contributed by atoms with van der Waals surface area (Å²) in [5.74, 6) is -0.802. The smallest absolute Gasteiger partial charge is 0.481 e. The number of ketones is 1. The standard InChI is InChI=1S/C16H14F3NO2S2.C4H7NO3/c1-23-10-15(21)11-2-4-12(5-3-11)20-24-14-8-6-13(7-9-14)22-16(17,18)19;5-3(2-6)1-4(7)8/h2-9,20H,10H2,1H3;2-3H,1,5H2,(H,7,8). The van der Waals surface area contributed by atoms with E-state index in [2.05, 4.69) is 9.46 Å². The first-order valence-corrected chi connectivity index (χ1v) is 11.1. The fourth-order valence-electron chi connectivity index (χ4n) is 2.02. The molecule has 0 aliphatic carbocycles. The van der Waals surface area contributed by atoms with Gasteiger partial charge in [-0.2, -0.15) is 11.8 Å². The summed E-state index contributed by atoms with van der Waals surface area (Å²) < 4.78 is 43.1. The number of nitrogens with two attached hydrogens (primary N) is 1. The molecule has 2 aromatic rings. The van der Waals surface area contributed by atoms with Gasteiger partial charge in [-0.25, -0.2) is 0 Å². The number of carboxylic acid groups (broad SMARTS) is 1. The van der Waals surface area contributed by atoms with E-state index in [1.165, 1.54) is 48.0 Å². The largest absolute Gasteiger partial charge is 0.573 e. The highest BCUT2D eigenvalue weighted by atomic mass is 32.2. The molecule has 1 atom stereocenters. The van der Waals surface area contributed by atoms with Gasteiger partial charge in [0, 0.05) is 16.1 Å². The lowest BCUT2D eigenvalue weighted by Crippen LogP contribution is -2.24. The van der Waals surface area contributed by atoms with Crippen LogP contribution in [0.4, 0.5) is 18.9 Å². The molecule has 1 unspecified atom stereocenters. The van der Waals surface area contributed by atoms with Gasteiger partial charge in [-0.15, -0.1) is 13.2 Å². The average molecular weight is 491 g/mol. The number of alkyl halides is 3. The lowest BCUT2D eigenvalue weighted by Gasteiger charge is -2.10. The van der Waals surface area contributed by atoms with Gasteiger partial charge in [0.2, 0.25) is 0 Å². The maximum absolute atomic E-state index is 12.1. The van der Waals surface area contributed by atoms with Crippen LogP contribution in [0.3, 0.4) is 0 Å². The molecule has 2 rings (SSSR count). The molecule has 0 spiro atoms. The molecule has 2 aromatic carbocycles. The summed E-state index contributed by atoms with van der Waals surface area (Å²) in [7, 11) is 0. The number of nitrogens with one attached hydrogen (secondary N) is 1. The molecule has 0 aliphatic rings. The first-order chi connectivity index (χ1) is 15.0. The lowest BCUT2D eigenvalue weighted by molar-refractivity contribution is -0.274. The number of carbonyl (C=O) groups is 3. The Labute approximate surface area is 191 Å². The molecule has 0 bridgehead atoms. The quantitative estimate of drug-likeness (QED) is 0.255. The minimum absolute atomic E-state index is 0.0713. The number of aldehydes is 1. The molecule has 0 saturated heterocycles. The van der Waals surface area contributed by atoms with Crippen LogP contribution in [-0.2, 0) is 9.59 Å². The van der Waals surface area contributed by atoms with Crippen molar-refractivity contribution in [2.45, 2.75) is 23.7 Å². The van der Waals surface area contributed by atoms with Gasteiger partial charge in [0.15, 0.2) is 5.78 Å². The number of ether oxygens (including phenoxy) is 1. The van der Waals surface area contributed by atoms with Crippen molar-refractivity contribution in [2.75, 3.05) is 16.7 Å². The predicted octanol–water partition coefficient (Wildman–Crippen LogP) is 4.24. The number of aliphatic carboxylic acids is 1. The summed E-state index contributed by atoms with van der Waals surface area (Å²) in [5.41, 5.74) is 6.36. The van der Waals surface area contributed by atoms with Gasteiger partial charge in [0.05, 0.1) is 18.2 Å². The van der Waals surface area contributed by atoms with Crippen molar-refractivity contribution < 1.29 is 37.4 Å². The van der Waals surface area contributed by atoms with Crippen LogP contribution in [0.15, 0.2) is 53.4 Å². The highest BCUT2D eigenvalue weighted by molar-refractivity contribution is 8.00. The van der Waals surface area contributed by atoms with Gasteiger partial charge in [-0.05, 0) is 66.7 Å². The molecule has 0 aliphatic heterocycles. The molecule has 4 N–H and O–H groups in total. The van der Waals surface area contributed by atoms with Crippen molar-refractivity contribution in [1.82, 2.24) is 0 Å². The zero-order valence-corrected chi connectivity index (χ0v) is 18.4. The van der Waals surface area contributed by atoms with Crippen molar-refractivity contribution in [3.05, 3.63) is 54.1 Å². The Hall–Kier alpha value is -2.70. The summed E-state index contributed by atoms with van der Waals surface area (Å²) in [6.45, 7) is 0. The van der Waals surface area contributed by atoms with Crippen LogP contribution in [0.5, 0.6) is 5.75 Å². The highest BCUT2D eigenvalue weighted by Gasteiger charge is 2.30. The molecule has 32 heavy (non-hydrogen) atoms. The topological polar surface area (TPSA) is 119 Å². The zero-order chi connectivity index (χ0) is 24.1. The molecule has 174 valence electrons. The van der Waals surface area contributed by atoms with E-state index in [0.717, 1.165) is 10.6 Å². The fourth-order valence-corrected chi connectivity index (χ4v) is 3.09. The molecule has 0 fully saturated rings. The van der Waals surface area contributed by atoms with Gasteiger partial charge in [0.1, 0.15) is 12.0 Å². The van der Waals surface area contributed by atoms with Crippen molar-refractivity contribution in [1.29, 1.82) is 0 Å². The first kappa shape index (κ1) is 27.3. The number of anilines is 1. The van der Waals surface area contributed by atoms with E-state index in [1.54, 1.807) is 24.3 Å². The summed E-state index contributed by atoms with van der Waals surface area (Å²) in [5, 5.41) is 7.98. The molecular weight excluding hydrogens is 469 g/mol. The van der Waals surface area contributed by atoms with Gasteiger partial charge in [-0.1, -0.05) is 0 Å². The van der Waals surface area contributed by atoms with E-state index in [1.807, 2.05) is 6.26 Å². The number of halogens is 3. The number of hydrogen-bond acceptors (Lipinski definition) is 8. The number of carbonyl (C=O) groups excluding carboxylic acids is 2. The molecule has 0 saturated carbocycles. The molecule has 0 radical (unpaired) electrons. The zero-order valence-electron chi connectivity index (χ0n) is 16.8. The van der Waals surface area contributed by atoms with Gasteiger partial charge < -0.3 is 25.1 Å². The molecule has 0 aromatic heterocycles. The normalized spacial score (nSPS) is 11.5. The second-order valence-electron chi connectivity index (χ2n) is 6.05. The minimum Gasteiger partial charge on any atom is -0.481 e. The van der Waals surface area contributed by atoms with Crippen LogP contribution in [0, 0.1) is 0 Å². The number of hydrogen-bond donors (Lipinski definition) is 3. The second-order valence-corrected chi connectivity index (χ2v) is 7.80. The Morgan fingerprint density at radius 3 is 2.19 bits per heavy atom. The average Bonchev–Trinajstić information content (AvgIpc) is 2.72. The van der Waals surface area contributed by atoms with Gasteiger partial charge in [-0.3, -0.25) is 9.59 Å². The van der Waals surface area contributed by atoms with Crippen LogP contribution in [-0.4, -0.2) is 47.6 Å². The number of thioether (sulfide) groups is 1. The Bertz CT molecular complexity index is 878. The van der Waals surface area contributed by atoms with Crippen molar-refractivity contribution >= 4 is 47.4 Å². The number of benzene rings is 2. The van der Waals surface area contributed by atoms with Gasteiger partial charge in [0.25, 0.3) is 0 Å². The van der Waals surface area contributed by atoms with Crippen LogP contribution in [0.1, 0.15) is 16.8 Å². The van der Waals surface area contributed by atoms with Crippen LogP contribution in [0.2, 0.25) is 0 Å². The maximum Gasteiger partial charge on any atom is 0.573 e. The summed E-state index contributed by atoms with van der Waals surface area (Å²) in [4.78, 5) is 31.8. The minimum atomic E-state index is -4.69. The lowest BCUT2D eigenvalue weighted by atomic mass is 10.1. The Kier molecular flexibility index (Phi) is 11.7. The third kappa shape index (κ3) is 11.6. The molecular formula is C20H21F3N2O5S2. The van der Waals surface area contributed by atoms with E-state index < -0.39 is 18.4 Å². The number of Topliss-reactive ketones (excluding diaryl/α,β-unsaturated/α-hetero) is 1. The van der Waals surface area contributed by atoms with E-state index in [0.29, 0.717) is 17.6 Å². The van der Waals surface area contributed by atoms with Gasteiger partial charge >= 0.3 is 12.3 Å². The SMILES string of the molecule is CSCC(=O)c1ccc(NSc2ccc(OC(F)(F)F)cc2)cc1.NC(C=O)CC(=O)O. The third-order valence-corrected chi connectivity index (χ3v) is 4.81. The van der Waals surface area contributed by atoms with E-state index in [-0.39, 0.29) is 18.0 Å². The summed E-state index contributed by atoms with van der Waals surface area (Å²) >= 11 is 2.72. The molecule has 7 nitrogen and oxygen atoms in total.